The minimum absolute atomic E-state index is 0.00818. The van der Waals surface area contributed by atoms with E-state index in [1.165, 1.54) is 6.07 Å². The maximum absolute atomic E-state index is 14.0. The first-order chi connectivity index (χ1) is 9.61. The lowest BCUT2D eigenvalue weighted by molar-refractivity contribution is 0.0857. The Hall–Kier alpha value is -1.42. The third-order valence-electron chi connectivity index (χ3n) is 5.03. The van der Waals surface area contributed by atoms with Gasteiger partial charge in [-0.05, 0) is 49.7 Å². The van der Waals surface area contributed by atoms with Crippen molar-refractivity contribution in [3.05, 3.63) is 35.1 Å². The van der Waals surface area contributed by atoms with Gasteiger partial charge in [-0.15, -0.1) is 0 Å². The molecule has 0 saturated heterocycles. The van der Waals surface area contributed by atoms with Crippen LogP contribution in [0, 0.1) is 30.5 Å². The second-order valence-electron chi connectivity index (χ2n) is 6.12. The van der Waals surface area contributed by atoms with Crippen molar-refractivity contribution in [2.75, 3.05) is 6.61 Å². The highest BCUT2D eigenvalue weighted by molar-refractivity contribution is 5.95. The van der Waals surface area contributed by atoms with Crippen molar-refractivity contribution in [1.29, 1.82) is 0 Å². The van der Waals surface area contributed by atoms with Crippen LogP contribution in [-0.2, 0) is 0 Å². The van der Waals surface area contributed by atoms with Crippen molar-refractivity contribution in [2.24, 2.45) is 17.8 Å². The second kappa shape index (κ2) is 5.17. The van der Waals surface area contributed by atoms with Gasteiger partial charge in [-0.2, -0.15) is 0 Å². The van der Waals surface area contributed by atoms with Crippen LogP contribution in [0.1, 0.15) is 35.2 Å². The molecule has 0 radical (unpaired) electrons. The van der Waals surface area contributed by atoms with E-state index in [1.54, 1.807) is 19.1 Å². The summed E-state index contributed by atoms with van der Waals surface area (Å²) in [4.78, 5) is 12.3. The Morgan fingerprint density at radius 2 is 2.15 bits per heavy atom. The molecule has 2 fully saturated rings. The van der Waals surface area contributed by atoms with Crippen LogP contribution < -0.4 is 5.32 Å². The molecule has 1 amide bonds. The summed E-state index contributed by atoms with van der Waals surface area (Å²) in [5.74, 6) is 0.271. The molecule has 4 heteroatoms. The van der Waals surface area contributed by atoms with E-state index in [2.05, 4.69) is 5.32 Å². The minimum atomic E-state index is -0.450. The molecule has 4 atom stereocenters. The number of aliphatic hydroxyl groups is 1. The molecule has 20 heavy (non-hydrogen) atoms. The maximum Gasteiger partial charge on any atom is 0.254 e. The quantitative estimate of drug-likeness (QED) is 0.890. The van der Waals surface area contributed by atoms with Crippen molar-refractivity contribution in [2.45, 2.75) is 32.2 Å². The van der Waals surface area contributed by atoms with Crippen LogP contribution >= 0.6 is 0 Å². The fraction of sp³-hybridized carbons (Fsp3) is 0.562. The summed E-state index contributed by atoms with van der Waals surface area (Å²) in [7, 11) is 0. The van der Waals surface area contributed by atoms with Crippen molar-refractivity contribution < 1.29 is 14.3 Å². The lowest BCUT2D eigenvalue weighted by Gasteiger charge is -2.30. The summed E-state index contributed by atoms with van der Waals surface area (Å²) in [5.41, 5.74) is 0.578. The van der Waals surface area contributed by atoms with E-state index in [1.807, 2.05) is 0 Å². The Balaban J connectivity index is 1.77. The first kappa shape index (κ1) is 13.6. The molecule has 1 aromatic rings. The summed E-state index contributed by atoms with van der Waals surface area (Å²) in [6.45, 7) is 1.75. The van der Waals surface area contributed by atoms with Crippen LogP contribution in [0.5, 0.6) is 0 Å². The molecule has 1 aromatic carbocycles. The van der Waals surface area contributed by atoms with Gasteiger partial charge in [0.1, 0.15) is 5.82 Å². The fourth-order valence-corrected chi connectivity index (χ4v) is 3.95. The van der Waals surface area contributed by atoms with Gasteiger partial charge in [-0.25, -0.2) is 4.39 Å². The molecule has 2 aliphatic rings. The number of fused-ring (bicyclic) bond motifs is 2. The minimum Gasteiger partial charge on any atom is -0.396 e. The van der Waals surface area contributed by atoms with Gasteiger partial charge in [0.2, 0.25) is 0 Å². The Morgan fingerprint density at radius 1 is 1.40 bits per heavy atom. The number of carbonyl (C=O) groups excluding carboxylic acids is 1. The summed E-state index contributed by atoms with van der Waals surface area (Å²) >= 11 is 0. The molecule has 2 saturated carbocycles. The van der Waals surface area contributed by atoms with Gasteiger partial charge in [0, 0.05) is 18.6 Å². The third kappa shape index (κ3) is 2.12. The first-order valence-electron chi connectivity index (χ1n) is 7.28. The van der Waals surface area contributed by atoms with Gasteiger partial charge < -0.3 is 10.4 Å². The Labute approximate surface area is 118 Å². The van der Waals surface area contributed by atoms with Crippen molar-refractivity contribution in [3.8, 4) is 0 Å². The van der Waals surface area contributed by atoms with Gasteiger partial charge in [-0.1, -0.05) is 12.1 Å². The molecular formula is C16H20FNO2. The number of rotatable bonds is 3. The highest BCUT2D eigenvalue weighted by Gasteiger charge is 2.47. The zero-order valence-corrected chi connectivity index (χ0v) is 11.6. The number of aliphatic hydroxyl groups excluding tert-OH is 1. The van der Waals surface area contributed by atoms with E-state index in [0.29, 0.717) is 17.4 Å². The number of hydrogen-bond acceptors (Lipinski definition) is 2. The van der Waals surface area contributed by atoms with Crippen molar-refractivity contribution in [3.63, 3.8) is 0 Å². The number of benzene rings is 1. The molecule has 2 bridgehead atoms. The van der Waals surface area contributed by atoms with Crippen LogP contribution in [0.2, 0.25) is 0 Å². The largest absolute Gasteiger partial charge is 0.396 e. The molecule has 2 N–H and O–H groups in total. The number of aryl methyl sites for hydroxylation is 1. The van der Waals surface area contributed by atoms with Crippen LogP contribution in [0.4, 0.5) is 4.39 Å². The highest BCUT2D eigenvalue weighted by atomic mass is 19.1. The normalized spacial score (nSPS) is 31.6. The van der Waals surface area contributed by atoms with Crippen molar-refractivity contribution in [1.82, 2.24) is 5.32 Å². The van der Waals surface area contributed by atoms with E-state index in [0.717, 1.165) is 19.3 Å². The molecule has 0 heterocycles. The SMILES string of the molecule is Cc1cccc(C(=O)N[C@@H]2[C@H]3CC[C@@H](C3)[C@H]2CO)c1F. The number of nitrogens with one attached hydrogen (secondary N) is 1. The summed E-state index contributed by atoms with van der Waals surface area (Å²) in [6.07, 6.45) is 3.32. The predicted octanol–water partition coefficient (Wildman–Crippen LogP) is 2.27. The molecule has 0 spiro atoms. The smallest absolute Gasteiger partial charge is 0.254 e. The van der Waals surface area contributed by atoms with Gasteiger partial charge in [0.15, 0.2) is 0 Å². The van der Waals surface area contributed by atoms with E-state index in [4.69, 9.17) is 0 Å². The van der Waals surface area contributed by atoms with Crippen molar-refractivity contribution >= 4 is 5.91 Å². The number of amides is 1. The van der Waals surface area contributed by atoms with Crippen LogP contribution in [0.15, 0.2) is 18.2 Å². The average Bonchev–Trinajstić information content (AvgIpc) is 3.02. The van der Waals surface area contributed by atoms with Gasteiger partial charge >= 0.3 is 0 Å². The van der Waals surface area contributed by atoms with E-state index < -0.39 is 5.82 Å². The Bertz CT molecular complexity index is 531. The van der Waals surface area contributed by atoms with Crippen LogP contribution in [-0.4, -0.2) is 23.7 Å². The van der Waals surface area contributed by atoms with Gasteiger partial charge in [0.25, 0.3) is 5.91 Å². The molecule has 2 aliphatic carbocycles. The molecular weight excluding hydrogens is 257 g/mol. The zero-order valence-electron chi connectivity index (χ0n) is 11.6. The lowest BCUT2D eigenvalue weighted by atomic mass is 9.85. The van der Waals surface area contributed by atoms with Crippen LogP contribution in [0.3, 0.4) is 0 Å². The number of carbonyl (C=O) groups is 1. The monoisotopic (exact) mass is 277 g/mol. The lowest BCUT2D eigenvalue weighted by Crippen LogP contribution is -2.45. The number of halogens is 1. The molecule has 3 nitrogen and oxygen atoms in total. The third-order valence-corrected chi connectivity index (χ3v) is 5.03. The second-order valence-corrected chi connectivity index (χ2v) is 6.12. The number of hydrogen-bond donors (Lipinski definition) is 2. The summed E-state index contributed by atoms with van der Waals surface area (Å²) in [6, 6.07) is 4.85. The Kier molecular flexibility index (Phi) is 3.50. The molecule has 0 aromatic heterocycles. The van der Waals surface area contributed by atoms with E-state index in [9.17, 15) is 14.3 Å². The molecule has 3 rings (SSSR count). The molecule has 108 valence electrons. The maximum atomic E-state index is 14.0. The summed E-state index contributed by atoms with van der Waals surface area (Å²) < 4.78 is 14.0. The van der Waals surface area contributed by atoms with Gasteiger partial charge in [-0.3, -0.25) is 4.79 Å². The van der Waals surface area contributed by atoms with E-state index >= 15 is 0 Å². The zero-order chi connectivity index (χ0) is 14.3. The standard InChI is InChI=1S/C16H20FNO2/c1-9-3-2-4-12(14(9)17)16(20)18-15-11-6-5-10(7-11)13(15)8-19/h2-4,10-11,13,15,19H,5-8H2,1H3,(H,18,20)/t10-,11-,13+,15+/m0/s1. The van der Waals surface area contributed by atoms with Gasteiger partial charge in [0.05, 0.1) is 5.56 Å². The Morgan fingerprint density at radius 3 is 2.90 bits per heavy atom. The average molecular weight is 277 g/mol. The highest BCUT2D eigenvalue weighted by Crippen LogP contribution is 2.48. The first-order valence-corrected chi connectivity index (χ1v) is 7.28. The fourth-order valence-electron chi connectivity index (χ4n) is 3.95. The predicted molar refractivity (Wildman–Crippen MR) is 73.8 cm³/mol. The van der Waals surface area contributed by atoms with E-state index in [-0.39, 0.29) is 30.0 Å². The topological polar surface area (TPSA) is 49.3 Å². The summed E-state index contributed by atoms with van der Waals surface area (Å²) in [5, 5.41) is 12.5. The molecule has 0 unspecified atom stereocenters. The van der Waals surface area contributed by atoms with Crippen LogP contribution in [0.25, 0.3) is 0 Å². The molecule has 0 aliphatic heterocycles.